The molecule has 0 bridgehead atoms. The Labute approximate surface area is 211 Å². The molecule has 0 unspecified atom stereocenters. The lowest BCUT2D eigenvalue weighted by Crippen LogP contribution is -2.20. The van der Waals surface area contributed by atoms with E-state index in [0.29, 0.717) is 55.7 Å². The van der Waals surface area contributed by atoms with Crippen LogP contribution in [0.15, 0.2) is 94.9 Å². The Balaban J connectivity index is 1.66. The molecule has 0 saturated heterocycles. The van der Waals surface area contributed by atoms with Gasteiger partial charge in [-0.2, -0.15) is 5.26 Å². The van der Waals surface area contributed by atoms with Gasteiger partial charge in [0.2, 0.25) is 0 Å². The molecule has 5 aromatic rings. The summed E-state index contributed by atoms with van der Waals surface area (Å²) in [6.07, 6.45) is 6.33. The topological polar surface area (TPSA) is 93.9 Å². The van der Waals surface area contributed by atoms with Crippen molar-refractivity contribution in [2.24, 2.45) is 0 Å². The van der Waals surface area contributed by atoms with Crippen LogP contribution < -0.4 is 10.3 Å². The highest BCUT2D eigenvalue weighted by Gasteiger charge is 2.15. The number of halogens is 1. The van der Waals surface area contributed by atoms with Gasteiger partial charge in [-0.25, -0.2) is 4.98 Å². The Morgan fingerprint density at radius 1 is 1.08 bits per heavy atom. The molecule has 0 atom stereocenters. The molecule has 0 aliphatic rings. The van der Waals surface area contributed by atoms with Crippen molar-refractivity contribution in [2.45, 2.75) is 13.5 Å². The number of nitriles is 1. The largest absolute Gasteiger partial charge is 0.487 e. The maximum absolute atomic E-state index is 13.7. The van der Waals surface area contributed by atoms with E-state index in [0.717, 1.165) is 0 Å². The van der Waals surface area contributed by atoms with Crippen LogP contribution in [-0.4, -0.2) is 14.5 Å². The van der Waals surface area contributed by atoms with E-state index in [1.165, 1.54) is 11.0 Å². The molecule has 0 aliphatic heterocycles. The van der Waals surface area contributed by atoms with Crippen molar-refractivity contribution in [3.05, 3.63) is 118 Å². The van der Waals surface area contributed by atoms with Gasteiger partial charge in [-0.1, -0.05) is 29.8 Å². The van der Waals surface area contributed by atoms with E-state index < -0.39 is 0 Å². The van der Waals surface area contributed by atoms with Crippen molar-refractivity contribution in [2.75, 3.05) is 0 Å². The molecular formula is C28H19ClN4O3. The first-order valence-electron chi connectivity index (χ1n) is 11.0. The lowest BCUT2D eigenvalue weighted by Gasteiger charge is -2.14. The average Bonchev–Trinajstić information content (AvgIpc) is 3.32. The first-order chi connectivity index (χ1) is 17.5. The maximum Gasteiger partial charge on any atom is 0.263 e. The van der Waals surface area contributed by atoms with Crippen LogP contribution in [0.2, 0.25) is 5.02 Å². The lowest BCUT2D eigenvalue weighted by atomic mass is 9.98. The number of aryl methyl sites for hydroxylation is 1. The summed E-state index contributed by atoms with van der Waals surface area (Å²) in [6.45, 7) is 2.00. The van der Waals surface area contributed by atoms with Crippen LogP contribution in [0.4, 0.5) is 0 Å². The number of benzene rings is 2. The van der Waals surface area contributed by atoms with Crippen molar-refractivity contribution < 1.29 is 9.15 Å². The Kier molecular flexibility index (Phi) is 6.35. The van der Waals surface area contributed by atoms with Crippen LogP contribution in [0.1, 0.15) is 17.0 Å². The van der Waals surface area contributed by atoms with E-state index in [9.17, 15) is 10.1 Å². The van der Waals surface area contributed by atoms with Gasteiger partial charge in [0, 0.05) is 34.1 Å². The van der Waals surface area contributed by atoms with Gasteiger partial charge in [0.15, 0.2) is 6.39 Å². The average molecular weight is 495 g/mol. The van der Waals surface area contributed by atoms with Crippen LogP contribution in [0, 0.1) is 18.3 Å². The zero-order chi connectivity index (χ0) is 25.1. The molecule has 0 spiro atoms. The first-order valence-corrected chi connectivity index (χ1v) is 11.4. The van der Waals surface area contributed by atoms with Gasteiger partial charge in [0.05, 0.1) is 23.5 Å². The molecule has 0 fully saturated rings. The quantitative estimate of drug-likeness (QED) is 0.289. The Bertz CT molecular complexity index is 1650. The van der Waals surface area contributed by atoms with Gasteiger partial charge in [-0.15, -0.1) is 0 Å². The smallest absolute Gasteiger partial charge is 0.263 e. The molecule has 0 radical (unpaired) electrons. The fourth-order valence-corrected chi connectivity index (χ4v) is 4.10. The summed E-state index contributed by atoms with van der Waals surface area (Å²) in [5.41, 5.74) is 3.89. The fraction of sp³-hybridized carbons (Fsp3) is 0.0714. The van der Waals surface area contributed by atoms with Crippen molar-refractivity contribution in [1.29, 1.82) is 5.26 Å². The van der Waals surface area contributed by atoms with Gasteiger partial charge in [-0.3, -0.25) is 14.3 Å². The molecule has 0 N–H and O–H groups in total. The zero-order valence-electron chi connectivity index (χ0n) is 19.2. The monoisotopic (exact) mass is 494 g/mol. The summed E-state index contributed by atoms with van der Waals surface area (Å²) in [5.74, 6) is 1.15. The van der Waals surface area contributed by atoms with Gasteiger partial charge in [0.1, 0.15) is 23.8 Å². The number of pyridine rings is 2. The van der Waals surface area contributed by atoms with Gasteiger partial charge < -0.3 is 9.15 Å². The maximum atomic E-state index is 13.7. The molecule has 2 aromatic carbocycles. The molecule has 8 heteroatoms. The molecule has 7 nitrogen and oxygen atoms in total. The highest BCUT2D eigenvalue weighted by Crippen LogP contribution is 2.31. The lowest BCUT2D eigenvalue weighted by molar-refractivity contribution is 0.299. The van der Waals surface area contributed by atoms with Gasteiger partial charge in [-0.05, 0) is 55.0 Å². The summed E-state index contributed by atoms with van der Waals surface area (Å²) in [4.78, 5) is 22.0. The van der Waals surface area contributed by atoms with Gasteiger partial charge >= 0.3 is 0 Å². The first kappa shape index (κ1) is 23.1. The van der Waals surface area contributed by atoms with Crippen molar-refractivity contribution in [3.63, 3.8) is 0 Å². The van der Waals surface area contributed by atoms with E-state index in [1.54, 1.807) is 74.0 Å². The van der Waals surface area contributed by atoms with Crippen molar-refractivity contribution in [3.8, 4) is 39.8 Å². The second-order valence-corrected chi connectivity index (χ2v) is 8.44. The summed E-state index contributed by atoms with van der Waals surface area (Å²) in [5, 5.41) is 10.1. The minimum Gasteiger partial charge on any atom is -0.487 e. The molecule has 3 heterocycles. The number of aromatic nitrogens is 3. The Hall–Kier alpha value is -4.67. The Morgan fingerprint density at radius 2 is 1.94 bits per heavy atom. The molecule has 176 valence electrons. The van der Waals surface area contributed by atoms with Crippen LogP contribution in [0.5, 0.6) is 5.75 Å². The third-order valence-electron chi connectivity index (χ3n) is 5.70. The number of oxazole rings is 1. The molecule has 3 aromatic heterocycles. The predicted molar refractivity (Wildman–Crippen MR) is 136 cm³/mol. The zero-order valence-corrected chi connectivity index (χ0v) is 19.9. The second kappa shape index (κ2) is 9.90. The SMILES string of the molecule is Cc1ocnc1COc1cc(Cl)cc(-c2cc(-c3ccccc3C#N)cn(-c3cccnc3)c2=O)c1. The standard InChI is InChI=1S/C28H19ClN4O3/c1-18-27(32-17-36-18)16-35-24-10-20(9-22(29)12-24)26-11-21(25-7-3-2-5-19(25)13-30)15-33(28(26)34)23-6-4-8-31-14-23/h2-12,14-15,17H,16H2,1H3. The van der Waals surface area contributed by atoms with Crippen LogP contribution in [0.25, 0.3) is 27.9 Å². The highest BCUT2D eigenvalue weighted by atomic mass is 35.5. The van der Waals surface area contributed by atoms with E-state index >= 15 is 0 Å². The Morgan fingerprint density at radius 3 is 2.69 bits per heavy atom. The van der Waals surface area contributed by atoms with E-state index in [-0.39, 0.29) is 12.2 Å². The molecule has 0 saturated carbocycles. The molecule has 0 amide bonds. The summed E-state index contributed by atoms with van der Waals surface area (Å²) in [6, 6.07) is 19.9. The van der Waals surface area contributed by atoms with Crippen molar-refractivity contribution >= 4 is 11.6 Å². The van der Waals surface area contributed by atoms with E-state index in [2.05, 4.69) is 16.0 Å². The second-order valence-electron chi connectivity index (χ2n) is 8.01. The van der Waals surface area contributed by atoms with E-state index in [4.69, 9.17) is 20.8 Å². The predicted octanol–water partition coefficient (Wildman–Crippen LogP) is 5.97. The van der Waals surface area contributed by atoms with Crippen LogP contribution in [-0.2, 0) is 6.61 Å². The number of hydrogen-bond donors (Lipinski definition) is 0. The summed E-state index contributed by atoms with van der Waals surface area (Å²) in [7, 11) is 0. The third-order valence-corrected chi connectivity index (χ3v) is 5.92. The van der Waals surface area contributed by atoms with Crippen LogP contribution >= 0.6 is 11.6 Å². The number of ether oxygens (including phenoxy) is 1. The summed E-state index contributed by atoms with van der Waals surface area (Å²) < 4.78 is 12.7. The normalized spacial score (nSPS) is 10.7. The van der Waals surface area contributed by atoms with Crippen LogP contribution in [0.3, 0.4) is 0 Å². The summed E-state index contributed by atoms with van der Waals surface area (Å²) >= 11 is 6.43. The van der Waals surface area contributed by atoms with Gasteiger partial charge in [0.25, 0.3) is 5.56 Å². The fourth-order valence-electron chi connectivity index (χ4n) is 3.88. The highest BCUT2D eigenvalue weighted by molar-refractivity contribution is 6.31. The number of nitrogens with zero attached hydrogens (tertiary/aromatic N) is 4. The third kappa shape index (κ3) is 4.63. The minimum absolute atomic E-state index is 0.192. The van der Waals surface area contributed by atoms with E-state index in [1.807, 2.05) is 12.1 Å². The van der Waals surface area contributed by atoms with Crippen molar-refractivity contribution in [1.82, 2.24) is 14.5 Å². The molecule has 0 aliphatic carbocycles. The minimum atomic E-state index is -0.262. The molecular weight excluding hydrogens is 476 g/mol. The number of rotatable bonds is 6. The molecule has 36 heavy (non-hydrogen) atoms. The molecule has 5 rings (SSSR count). The number of hydrogen-bond acceptors (Lipinski definition) is 6.